The first-order valence-corrected chi connectivity index (χ1v) is 7.91. The van der Waals surface area contributed by atoms with Gasteiger partial charge in [-0.15, -0.1) is 0 Å². The molecule has 23 heavy (non-hydrogen) atoms. The Bertz CT molecular complexity index is 675. The number of hydrogen-bond donors (Lipinski definition) is 1. The lowest BCUT2D eigenvalue weighted by Crippen LogP contribution is -2.44. The van der Waals surface area contributed by atoms with E-state index in [1.54, 1.807) is 6.20 Å². The Morgan fingerprint density at radius 3 is 2.83 bits per heavy atom. The number of likely N-dealkylation sites (tertiary alicyclic amines) is 1. The van der Waals surface area contributed by atoms with Gasteiger partial charge in [-0.1, -0.05) is 0 Å². The van der Waals surface area contributed by atoms with Crippen LogP contribution in [0.25, 0.3) is 0 Å². The van der Waals surface area contributed by atoms with Crippen LogP contribution in [0.2, 0.25) is 0 Å². The fourth-order valence-corrected chi connectivity index (χ4v) is 3.02. The van der Waals surface area contributed by atoms with E-state index in [4.69, 9.17) is 0 Å². The number of rotatable bonds is 3. The molecule has 1 fully saturated rings. The van der Waals surface area contributed by atoms with E-state index in [1.807, 2.05) is 37.5 Å². The van der Waals surface area contributed by atoms with Crippen molar-refractivity contribution in [3.05, 3.63) is 42.0 Å². The molecule has 2 aromatic rings. The quantitative estimate of drug-likeness (QED) is 0.934. The van der Waals surface area contributed by atoms with E-state index >= 15 is 0 Å². The number of amides is 2. The molecule has 7 nitrogen and oxygen atoms in total. The summed E-state index contributed by atoms with van der Waals surface area (Å²) in [7, 11) is 2.02. The molecule has 0 bridgehead atoms. The third kappa shape index (κ3) is 3.67. The minimum Gasteiger partial charge on any atom is -0.337 e. The highest BCUT2D eigenvalue weighted by molar-refractivity contribution is 5.74. The molecule has 3 rings (SSSR count). The second-order valence-corrected chi connectivity index (χ2v) is 5.94. The van der Waals surface area contributed by atoms with Crippen LogP contribution in [0, 0.1) is 6.92 Å². The second kappa shape index (κ2) is 6.76. The smallest absolute Gasteiger partial charge is 0.317 e. The van der Waals surface area contributed by atoms with Crippen molar-refractivity contribution in [1.29, 1.82) is 0 Å². The summed E-state index contributed by atoms with van der Waals surface area (Å²) in [6.07, 6.45) is 7.41. The number of hydrogen-bond acceptors (Lipinski definition) is 4. The molecule has 0 spiro atoms. The number of imidazole rings is 1. The molecule has 0 saturated carbocycles. The summed E-state index contributed by atoms with van der Waals surface area (Å²) >= 11 is 0. The number of nitrogens with zero attached hydrogens (tertiary/aromatic N) is 5. The normalized spacial score (nSPS) is 15.7. The summed E-state index contributed by atoms with van der Waals surface area (Å²) in [4.78, 5) is 26.7. The molecule has 7 heteroatoms. The molecule has 2 amide bonds. The summed E-state index contributed by atoms with van der Waals surface area (Å²) < 4.78 is 2.07. The Labute approximate surface area is 135 Å². The van der Waals surface area contributed by atoms with Crippen LogP contribution in [-0.4, -0.2) is 43.5 Å². The van der Waals surface area contributed by atoms with Crippen LogP contribution in [0.1, 0.15) is 36.0 Å². The number of piperidine rings is 1. The summed E-state index contributed by atoms with van der Waals surface area (Å²) in [5.41, 5.74) is 2.08. The minimum absolute atomic E-state index is 0.0234. The van der Waals surface area contributed by atoms with E-state index in [-0.39, 0.29) is 6.03 Å². The molecule has 0 radical (unpaired) electrons. The van der Waals surface area contributed by atoms with Crippen molar-refractivity contribution < 1.29 is 4.79 Å². The maximum absolute atomic E-state index is 12.3. The third-order valence-electron chi connectivity index (χ3n) is 4.31. The Morgan fingerprint density at radius 2 is 2.17 bits per heavy atom. The largest absolute Gasteiger partial charge is 0.337 e. The van der Waals surface area contributed by atoms with E-state index in [0.717, 1.165) is 31.6 Å². The third-order valence-corrected chi connectivity index (χ3v) is 4.31. The molecule has 1 saturated heterocycles. The Hall–Kier alpha value is -2.44. The molecular formula is C16H22N6O. The van der Waals surface area contributed by atoms with Gasteiger partial charge in [0.25, 0.3) is 0 Å². The van der Waals surface area contributed by atoms with Crippen molar-refractivity contribution >= 4 is 6.03 Å². The van der Waals surface area contributed by atoms with Crippen molar-refractivity contribution in [3.63, 3.8) is 0 Å². The van der Waals surface area contributed by atoms with Gasteiger partial charge in [0.05, 0.1) is 18.6 Å². The predicted molar refractivity (Wildman–Crippen MR) is 85.8 cm³/mol. The van der Waals surface area contributed by atoms with Crippen molar-refractivity contribution in [3.8, 4) is 0 Å². The lowest BCUT2D eigenvalue weighted by atomic mass is 9.94. The van der Waals surface area contributed by atoms with Gasteiger partial charge in [-0.3, -0.25) is 0 Å². The number of carbonyl (C=O) groups excluding carboxylic acids is 1. The highest BCUT2D eigenvalue weighted by Crippen LogP contribution is 2.27. The second-order valence-electron chi connectivity index (χ2n) is 5.94. The fraction of sp³-hybridized carbons (Fsp3) is 0.500. The van der Waals surface area contributed by atoms with E-state index < -0.39 is 0 Å². The molecule has 1 aliphatic heterocycles. The average Bonchev–Trinajstić information content (AvgIpc) is 2.99. The highest BCUT2D eigenvalue weighted by atomic mass is 16.2. The summed E-state index contributed by atoms with van der Waals surface area (Å²) in [5.74, 6) is 1.20. The SMILES string of the molecule is Cc1nccc(CNC(=O)N2CCC(c3cncn3C)CC2)n1. The lowest BCUT2D eigenvalue weighted by Gasteiger charge is -2.32. The average molecular weight is 314 g/mol. The van der Waals surface area contributed by atoms with Crippen LogP contribution in [0.3, 0.4) is 0 Å². The molecule has 0 aromatic carbocycles. The monoisotopic (exact) mass is 314 g/mol. The highest BCUT2D eigenvalue weighted by Gasteiger charge is 2.25. The topological polar surface area (TPSA) is 75.9 Å². The molecule has 0 unspecified atom stereocenters. The zero-order valence-electron chi connectivity index (χ0n) is 13.6. The number of aryl methyl sites for hydroxylation is 2. The van der Waals surface area contributed by atoms with E-state index in [0.29, 0.717) is 18.3 Å². The van der Waals surface area contributed by atoms with Gasteiger partial charge in [-0.05, 0) is 25.8 Å². The van der Waals surface area contributed by atoms with Crippen molar-refractivity contribution in [2.75, 3.05) is 13.1 Å². The van der Waals surface area contributed by atoms with Gasteiger partial charge in [-0.25, -0.2) is 19.7 Å². The van der Waals surface area contributed by atoms with Gasteiger partial charge in [-0.2, -0.15) is 0 Å². The predicted octanol–water partition coefficient (Wildman–Crippen LogP) is 1.61. The van der Waals surface area contributed by atoms with Crippen molar-refractivity contribution in [2.45, 2.75) is 32.2 Å². The maximum atomic E-state index is 12.3. The van der Waals surface area contributed by atoms with Crippen LogP contribution < -0.4 is 5.32 Å². The Kier molecular flexibility index (Phi) is 4.55. The minimum atomic E-state index is -0.0234. The first kappa shape index (κ1) is 15.5. The standard InChI is InChI=1S/C16H22N6O/c1-12-18-6-3-14(20-12)9-19-16(23)22-7-4-13(5-8-22)15-10-17-11-21(15)2/h3,6,10-11,13H,4-5,7-9H2,1-2H3,(H,19,23). The fourth-order valence-electron chi connectivity index (χ4n) is 3.02. The van der Waals surface area contributed by atoms with E-state index in [9.17, 15) is 4.79 Å². The van der Waals surface area contributed by atoms with Gasteiger partial charge in [0.1, 0.15) is 5.82 Å². The van der Waals surface area contributed by atoms with Gasteiger partial charge in [0.2, 0.25) is 0 Å². The van der Waals surface area contributed by atoms with E-state index in [1.165, 1.54) is 5.69 Å². The van der Waals surface area contributed by atoms with Gasteiger partial charge < -0.3 is 14.8 Å². The van der Waals surface area contributed by atoms with Crippen LogP contribution in [0.4, 0.5) is 4.79 Å². The first-order valence-electron chi connectivity index (χ1n) is 7.91. The van der Waals surface area contributed by atoms with Crippen LogP contribution in [0.15, 0.2) is 24.8 Å². The van der Waals surface area contributed by atoms with Crippen molar-refractivity contribution in [1.82, 2.24) is 29.7 Å². The van der Waals surface area contributed by atoms with Gasteiger partial charge in [0.15, 0.2) is 0 Å². The number of nitrogens with one attached hydrogen (secondary N) is 1. The van der Waals surface area contributed by atoms with Gasteiger partial charge >= 0.3 is 6.03 Å². The number of carbonyl (C=O) groups is 1. The summed E-state index contributed by atoms with van der Waals surface area (Å²) in [6.45, 7) is 3.81. The molecule has 1 aliphatic rings. The molecule has 3 heterocycles. The van der Waals surface area contributed by atoms with Crippen molar-refractivity contribution in [2.24, 2.45) is 7.05 Å². The van der Waals surface area contributed by atoms with Crippen LogP contribution in [-0.2, 0) is 13.6 Å². The van der Waals surface area contributed by atoms with Gasteiger partial charge in [0, 0.05) is 44.1 Å². The van der Waals surface area contributed by atoms with Crippen LogP contribution >= 0.6 is 0 Å². The maximum Gasteiger partial charge on any atom is 0.317 e. The molecule has 0 atom stereocenters. The molecule has 0 aliphatic carbocycles. The van der Waals surface area contributed by atoms with E-state index in [2.05, 4.69) is 24.8 Å². The summed E-state index contributed by atoms with van der Waals surface area (Å²) in [6, 6.07) is 1.80. The molecule has 2 aromatic heterocycles. The Balaban J connectivity index is 1.49. The molecule has 122 valence electrons. The zero-order chi connectivity index (χ0) is 16.2. The molecular weight excluding hydrogens is 292 g/mol. The zero-order valence-corrected chi connectivity index (χ0v) is 13.6. The number of aromatic nitrogens is 4. The molecule has 1 N–H and O–H groups in total. The first-order chi connectivity index (χ1) is 11.1. The lowest BCUT2D eigenvalue weighted by molar-refractivity contribution is 0.180. The Morgan fingerprint density at radius 1 is 1.39 bits per heavy atom. The van der Waals surface area contributed by atoms with Crippen LogP contribution in [0.5, 0.6) is 0 Å². The number of urea groups is 1. The summed E-state index contributed by atoms with van der Waals surface area (Å²) in [5, 5.41) is 2.94.